The zero-order valence-electron chi connectivity index (χ0n) is 18.4. The van der Waals surface area contributed by atoms with Gasteiger partial charge in [0.2, 0.25) is 5.91 Å². The zero-order valence-corrected chi connectivity index (χ0v) is 21.5. The number of hydrogen-bond donors (Lipinski definition) is 5. The summed E-state index contributed by atoms with van der Waals surface area (Å²) >= 11 is 18.7. The number of hydrogen-bond acceptors (Lipinski definition) is 6. The van der Waals surface area contributed by atoms with E-state index in [-0.39, 0.29) is 29.7 Å². The van der Waals surface area contributed by atoms with Gasteiger partial charge < -0.3 is 21.5 Å². The monoisotopic (exact) mass is 549 g/mol. The molecule has 2 aromatic carbocycles. The average Bonchev–Trinajstić information content (AvgIpc) is 3.20. The van der Waals surface area contributed by atoms with E-state index in [9.17, 15) is 14.7 Å². The third kappa shape index (κ3) is 7.15. The normalized spacial score (nSPS) is 11.1. The predicted octanol–water partition coefficient (Wildman–Crippen LogP) is 4.74. The number of aromatic hydroxyl groups is 1. The van der Waals surface area contributed by atoms with E-state index in [4.69, 9.17) is 41.2 Å². The van der Waals surface area contributed by atoms with Crippen LogP contribution in [0.1, 0.15) is 29.3 Å². The first kappa shape index (κ1) is 26.4. The Bertz CT molecular complexity index is 1310. The van der Waals surface area contributed by atoms with Crippen LogP contribution in [-0.4, -0.2) is 34.3 Å². The van der Waals surface area contributed by atoms with Gasteiger partial charge in [-0.05, 0) is 55.0 Å². The van der Waals surface area contributed by atoms with Crippen LogP contribution in [0.2, 0.25) is 10.0 Å². The fourth-order valence-corrected chi connectivity index (χ4v) is 4.41. The molecular weight excluding hydrogens is 529 g/mol. The molecule has 0 aliphatic rings. The molecule has 3 rings (SSSR count). The van der Waals surface area contributed by atoms with Crippen molar-refractivity contribution in [2.24, 2.45) is 10.8 Å². The van der Waals surface area contributed by atoms with Gasteiger partial charge in [-0.1, -0.05) is 35.3 Å². The summed E-state index contributed by atoms with van der Waals surface area (Å²) < 4.78 is 0. The van der Waals surface area contributed by atoms with Crippen molar-refractivity contribution >= 4 is 75.1 Å². The summed E-state index contributed by atoms with van der Waals surface area (Å²) in [5.41, 5.74) is 10.6. The van der Waals surface area contributed by atoms with Crippen molar-refractivity contribution < 1.29 is 14.7 Å². The fourth-order valence-electron chi connectivity index (χ4n) is 2.94. The molecule has 1 aromatic heterocycles. The van der Waals surface area contributed by atoms with Gasteiger partial charge in [-0.2, -0.15) is 5.10 Å². The quantitative estimate of drug-likeness (QED) is 0.157. The van der Waals surface area contributed by atoms with E-state index in [1.807, 2.05) is 0 Å². The third-order valence-electron chi connectivity index (χ3n) is 4.70. The number of nitrogens with zero attached hydrogens (tertiary/aromatic N) is 1. The standard InChI is InChI=1S/C23H21Cl2N5O3S2/c1-12(16-11-35-21(20(16)32)13-5-6-17(24)18(25)10-13)29-30-23(34)28-15-4-2-3-14(9-15)22(33)27-8-7-19(26)31/h2-6,9-11,32H,7-8H2,1H3,(H2,26,31)(H,27,33)(H2,28,30,34). The number of halogens is 2. The number of thiophene rings is 1. The number of nitrogens with one attached hydrogen (secondary N) is 3. The van der Waals surface area contributed by atoms with Gasteiger partial charge in [0.05, 0.1) is 26.2 Å². The van der Waals surface area contributed by atoms with E-state index in [0.29, 0.717) is 37.4 Å². The van der Waals surface area contributed by atoms with Gasteiger partial charge in [0.1, 0.15) is 5.75 Å². The van der Waals surface area contributed by atoms with Crippen LogP contribution in [0.25, 0.3) is 10.4 Å². The van der Waals surface area contributed by atoms with Crippen LogP contribution in [0.4, 0.5) is 5.69 Å². The van der Waals surface area contributed by atoms with Gasteiger partial charge in [0.15, 0.2) is 5.11 Å². The number of carbonyl (C=O) groups is 2. The topological polar surface area (TPSA) is 129 Å². The molecule has 12 heteroatoms. The Morgan fingerprint density at radius 1 is 1.17 bits per heavy atom. The molecule has 3 aromatic rings. The highest BCUT2D eigenvalue weighted by Crippen LogP contribution is 2.40. The van der Waals surface area contributed by atoms with Gasteiger partial charge in [-0.15, -0.1) is 11.3 Å². The average molecular weight is 550 g/mol. The number of rotatable bonds is 8. The number of nitrogens with two attached hydrogens (primary N) is 1. The van der Waals surface area contributed by atoms with E-state index in [2.05, 4.69) is 21.2 Å². The molecule has 182 valence electrons. The lowest BCUT2D eigenvalue weighted by atomic mass is 10.1. The molecule has 2 amide bonds. The summed E-state index contributed by atoms with van der Waals surface area (Å²) in [4.78, 5) is 23.7. The summed E-state index contributed by atoms with van der Waals surface area (Å²) in [6, 6.07) is 11.8. The lowest BCUT2D eigenvalue weighted by molar-refractivity contribution is -0.117. The number of hydrazone groups is 1. The summed E-state index contributed by atoms with van der Waals surface area (Å²) in [6.45, 7) is 1.88. The van der Waals surface area contributed by atoms with Crippen LogP contribution in [0.5, 0.6) is 5.75 Å². The second kappa shape index (κ2) is 12.0. The second-order valence-electron chi connectivity index (χ2n) is 7.27. The van der Waals surface area contributed by atoms with Crippen LogP contribution in [0.15, 0.2) is 52.9 Å². The maximum Gasteiger partial charge on any atom is 0.251 e. The van der Waals surface area contributed by atoms with Crippen molar-refractivity contribution in [2.45, 2.75) is 13.3 Å². The summed E-state index contributed by atoms with van der Waals surface area (Å²) in [5, 5.41) is 23.3. The Kier molecular flexibility index (Phi) is 9.05. The van der Waals surface area contributed by atoms with Crippen molar-refractivity contribution in [3.05, 3.63) is 69.0 Å². The molecule has 0 bridgehead atoms. The Hall–Kier alpha value is -3.18. The molecule has 0 aliphatic carbocycles. The van der Waals surface area contributed by atoms with Crippen LogP contribution >= 0.6 is 46.8 Å². The van der Waals surface area contributed by atoms with Gasteiger partial charge in [0, 0.05) is 29.6 Å². The number of anilines is 1. The molecule has 8 nitrogen and oxygen atoms in total. The molecular formula is C23H21Cl2N5O3S2. The summed E-state index contributed by atoms with van der Waals surface area (Å²) in [6.07, 6.45) is 0.0592. The maximum absolute atomic E-state index is 12.2. The third-order valence-corrected chi connectivity index (χ3v) is 6.65. The minimum atomic E-state index is -0.491. The highest BCUT2D eigenvalue weighted by atomic mass is 35.5. The molecule has 0 spiro atoms. The van der Waals surface area contributed by atoms with E-state index in [1.165, 1.54) is 11.3 Å². The van der Waals surface area contributed by atoms with Crippen molar-refractivity contribution in [2.75, 3.05) is 11.9 Å². The molecule has 0 unspecified atom stereocenters. The molecule has 0 atom stereocenters. The predicted molar refractivity (Wildman–Crippen MR) is 146 cm³/mol. The lowest BCUT2D eigenvalue weighted by Gasteiger charge is -2.10. The van der Waals surface area contributed by atoms with Gasteiger partial charge in [-0.25, -0.2) is 0 Å². The molecule has 6 N–H and O–H groups in total. The molecule has 0 radical (unpaired) electrons. The van der Waals surface area contributed by atoms with Gasteiger partial charge >= 0.3 is 0 Å². The fraction of sp³-hybridized carbons (Fsp3) is 0.130. The number of amides is 2. The molecule has 0 aliphatic heterocycles. The van der Waals surface area contributed by atoms with Crippen molar-refractivity contribution in [1.82, 2.24) is 10.7 Å². The Morgan fingerprint density at radius 2 is 1.94 bits per heavy atom. The van der Waals surface area contributed by atoms with Crippen molar-refractivity contribution in [3.8, 4) is 16.2 Å². The number of thiocarbonyl (C=S) groups is 1. The second-order valence-corrected chi connectivity index (χ2v) is 9.37. The van der Waals surface area contributed by atoms with Crippen LogP contribution in [0, 0.1) is 0 Å². The summed E-state index contributed by atoms with van der Waals surface area (Å²) in [5.74, 6) is -0.756. The zero-order chi connectivity index (χ0) is 25.5. The Labute approximate surface area is 221 Å². The molecule has 1 heterocycles. The Morgan fingerprint density at radius 3 is 2.66 bits per heavy atom. The minimum Gasteiger partial charge on any atom is -0.506 e. The van der Waals surface area contributed by atoms with Crippen LogP contribution in [-0.2, 0) is 4.79 Å². The van der Waals surface area contributed by atoms with Gasteiger partial charge in [0.25, 0.3) is 5.91 Å². The van der Waals surface area contributed by atoms with Crippen molar-refractivity contribution in [3.63, 3.8) is 0 Å². The van der Waals surface area contributed by atoms with Crippen LogP contribution in [0.3, 0.4) is 0 Å². The van der Waals surface area contributed by atoms with Crippen LogP contribution < -0.4 is 21.8 Å². The highest BCUT2D eigenvalue weighted by Gasteiger charge is 2.16. The molecule has 0 fully saturated rings. The lowest BCUT2D eigenvalue weighted by Crippen LogP contribution is -2.28. The van der Waals surface area contributed by atoms with E-state index < -0.39 is 5.91 Å². The van der Waals surface area contributed by atoms with E-state index in [1.54, 1.807) is 54.8 Å². The summed E-state index contributed by atoms with van der Waals surface area (Å²) in [7, 11) is 0. The first-order valence-electron chi connectivity index (χ1n) is 10.2. The van der Waals surface area contributed by atoms with Crippen molar-refractivity contribution in [1.29, 1.82) is 0 Å². The minimum absolute atomic E-state index is 0.0592. The SMILES string of the molecule is CC(=NNC(=S)Nc1cccc(C(=O)NCCC(N)=O)c1)c1csc(-c2ccc(Cl)c(Cl)c2)c1O. The molecule has 0 saturated carbocycles. The van der Waals surface area contributed by atoms with Gasteiger partial charge in [-0.3, -0.25) is 15.0 Å². The highest BCUT2D eigenvalue weighted by molar-refractivity contribution is 7.80. The maximum atomic E-state index is 12.2. The number of primary amides is 1. The first-order chi connectivity index (χ1) is 16.7. The molecule has 0 saturated heterocycles. The largest absolute Gasteiger partial charge is 0.506 e. The van der Waals surface area contributed by atoms with E-state index in [0.717, 1.165) is 5.56 Å². The first-order valence-corrected chi connectivity index (χ1v) is 12.2. The number of carbonyl (C=O) groups excluding carboxylic acids is 2. The Balaban J connectivity index is 1.63. The number of benzene rings is 2. The smallest absolute Gasteiger partial charge is 0.251 e. The van der Waals surface area contributed by atoms with E-state index >= 15 is 0 Å². The molecule has 35 heavy (non-hydrogen) atoms.